The summed E-state index contributed by atoms with van der Waals surface area (Å²) in [5.41, 5.74) is 0. The predicted molar refractivity (Wildman–Crippen MR) is 62.4 cm³/mol. The van der Waals surface area contributed by atoms with E-state index >= 15 is 0 Å². The van der Waals surface area contributed by atoms with Gasteiger partial charge in [-0.2, -0.15) is 0 Å². The van der Waals surface area contributed by atoms with Crippen LogP contribution in [-0.4, -0.2) is 49.2 Å². The molecule has 1 N–H and O–H groups in total. The number of carbonyl (C=O) groups is 1. The molecule has 1 heterocycles. The average Bonchev–Trinajstić information content (AvgIpc) is 2.14. The first-order valence-corrected chi connectivity index (χ1v) is 5.12. The Labute approximate surface area is 97.8 Å². The SMILES string of the molecule is COC(C)C(=O)N1CC(C)NC(C)C1.Cl. The second kappa shape index (κ2) is 6.30. The van der Waals surface area contributed by atoms with Crippen molar-refractivity contribution in [3.8, 4) is 0 Å². The highest BCUT2D eigenvalue weighted by Gasteiger charge is 2.27. The molecule has 0 radical (unpaired) electrons. The molecule has 1 rings (SSSR count). The van der Waals surface area contributed by atoms with Gasteiger partial charge in [-0.1, -0.05) is 0 Å². The topological polar surface area (TPSA) is 41.6 Å². The maximum atomic E-state index is 11.8. The van der Waals surface area contributed by atoms with Crippen molar-refractivity contribution in [2.24, 2.45) is 0 Å². The van der Waals surface area contributed by atoms with Gasteiger partial charge in [0.05, 0.1) is 0 Å². The van der Waals surface area contributed by atoms with Crippen molar-refractivity contribution < 1.29 is 9.53 Å². The van der Waals surface area contributed by atoms with E-state index in [1.54, 1.807) is 14.0 Å². The number of carbonyl (C=O) groups excluding carboxylic acids is 1. The van der Waals surface area contributed by atoms with Crippen molar-refractivity contribution in [1.82, 2.24) is 10.2 Å². The van der Waals surface area contributed by atoms with Crippen LogP contribution in [0.3, 0.4) is 0 Å². The number of hydrogen-bond acceptors (Lipinski definition) is 3. The largest absolute Gasteiger partial charge is 0.372 e. The summed E-state index contributed by atoms with van der Waals surface area (Å²) >= 11 is 0. The standard InChI is InChI=1S/C10H20N2O2.ClH/c1-7-5-12(6-8(2)11-7)10(13)9(3)14-4;/h7-9,11H,5-6H2,1-4H3;1H. The molecule has 1 aliphatic rings. The van der Waals surface area contributed by atoms with E-state index in [4.69, 9.17) is 4.74 Å². The third-order valence-electron chi connectivity index (χ3n) is 2.57. The zero-order valence-corrected chi connectivity index (χ0v) is 10.6. The van der Waals surface area contributed by atoms with Gasteiger partial charge in [0.15, 0.2) is 0 Å². The van der Waals surface area contributed by atoms with Crippen LogP contribution in [0.25, 0.3) is 0 Å². The van der Waals surface area contributed by atoms with Gasteiger partial charge in [0, 0.05) is 32.3 Å². The zero-order valence-electron chi connectivity index (χ0n) is 9.82. The van der Waals surface area contributed by atoms with Crippen molar-refractivity contribution in [3.63, 3.8) is 0 Å². The lowest BCUT2D eigenvalue weighted by atomic mass is 10.1. The van der Waals surface area contributed by atoms with E-state index in [0.717, 1.165) is 13.1 Å². The average molecular weight is 237 g/mol. The molecule has 0 aromatic carbocycles. The number of rotatable bonds is 2. The normalized spacial score (nSPS) is 28.1. The van der Waals surface area contributed by atoms with E-state index in [-0.39, 0.29) is 24.4 Å². The Morgan fingerprint density at radius 1 is 1.40 bits per heavy atom. The summed E-state index contributed by atoms with van der Waals surface area (Å²) in [5.74, 6) is 0.0905. The summed E-state index contributed by atoms with van der Waals surface area (Å²) in [7, 11) is 1.57. The fraction of sp³-hybridized carbons (Fsp3) is 0.900. The van der Waals surface area contributed by atoms with Gasteiger partial charge in [0.1, 0.15) is 6.10 Å². The molecule has 1 fully saturated rings. The Balaban J connectivity index is 0.00000196. The molecule has 1 saturated heterocycles. The molecule has 0 aromatic rings. The van der Waals surface area contributed by atoms with E-state index in [9.17, 15) is 4.79 Å². The van der Waals surface area contributed by atoms with Crippen LogP contribution in [0.5, 0.6) is 0 Å². The summed E-state index contributed by atoms with van der Waals surface area (Å²) < 4.78 is 5.02. The highest BCUT2D eigenvalue weighted by Crippen LogP contribution is 2.07. The van der Waals surface area contributed by atoms with Crippen LogP contribution in [0.15, 0.2) is 0 Å². The van der Waals surface area contributed by atoms with Gasteiger partial charge in [-0.05, 0) is 20.8 Å². The number of ether oxygens (including phenoxy) is 1. The molecule has 3 atom stereocenters. The molecule has 0 saturated carbocycles. The van der Waals surface area contributed by atoms with Crippen LogP contribution in [-0.2, 0) is 9.53 Å². The third-order valence-corrected chi connectivity index (χ3v) is 2.57. The fourth-order valence-corrected chi connectivity index (χ4v) is 1.86. The van der Waals surface area contributed by atoms with Gasteiger partial charge in [-0.25, -0.2) is 0 Å². The summed E-state index contributed by atoms with van der Waals surface area (Å²) in [6, 6.07) is 0.735. The second-order valence-electron chi connectivity index (χ2n) is 4.09. The second-order valence-corrected chi connectivity index (χ2v) is 4.09. The zero-order chi connectivity index (χ0) is 10.7. The molecule has 1 amide bonds. The van der Waals surface area contributed by atoms with Crippen molar-refractivity contribution in [1.29, 1.82) is 0 Å². The van der Waals surface area contributed by atoms with Crippen LogP contribution >= 0.6 is 12.4 Å². The van der Waals surface area contributed by atoms with Gasteiger partial charge in [0.2, 0.25) is 0 Å². The van der Waals surface area contributed by atoms with Crippen LogP contribution in [0, 0.1) is 0 Å². The first kappa shape index (κ1) is 14.7. The van der Waals surface area contributed by atoms with Crippen molar-refractivity contribution in [3.05, 3.63) is 0 Å². The van der Waals surface area contributed by atoms with E-state index in [1.165, 1.54) is 0 Å². The smallest absolute Gasteiger partial charge is 0.251 e. The molecule has 0 spiro atoms. The minimum Gasteiger partial charge on any atom is -0.372 e. The van der Waals surface area contributed by atoms with Gasteiger partial charge in [-0.3, -0.25) is 4.79 Å². The highest BCUT2D eigenvalue weighted by molar-refractivity contribution is 5.85. The number of halogens is 1. The van der Waals surface area contributed by atoms with Gasteiger partial charge < -0.3 is 15.0 Å². The van der Waals surface area contributed by atoms with Gasteiger partial charge in [-0.15, -0.1) is 12.4 Å². The Morgan fingerprint density at radius 3 is 2.27 bits per heavy atom. The summed E-state index contributed by atoms with van der Waals surface area (Å²) in [6.07, 6.45) is -0.326. The van der Waals surface area contributed by atoms with E-state index in [0.29, 0.717) is 12.1 Å². The quantitative estimate of drug-likeness (QED) is 0.766. The Bertz CT molecular complexity index is 204. The van der Waals surface area contributed by atoms with E-state index < -0.39 is 0 Å². The fourth-order valence-electron chi connectivity index (χ4n) is 1.86. The van der Waals surface area contributed by atoms with Crippen LogP contribution in [0.1, 0.15) is 20.8 Å². The monoisotopic (exact) mass is 236 g/mol. The summed E-state index contributed by atoms with van der Waals surface area (Å²) in [5, 5.41) is 3.39. The predicted octanol–water partition coefficient (Wildman–Crippen LogP) is 0.652. The summed E-state index contributed by atoms with van der Waals surface area (Å²) in [6.45, 7) is 7.52. The van der Waals surface area contributed by atoms with Crippen LogP contribution < -0.4 is 5.32 Å². The minimum absolute atomic E-state index is 0. The Kier molecular flexibility index (Phi) is 6.17. The molecule has 0 aliphatic carbocycles. The molecule has 3 unspecified atom stereocenters. The van der Waals surface area contributed by atoms with E-state index in [2.05, 4.69) is 19.2 Å². The molecule has 5 heteroatoms. The lowest BCUT2D eigenvalue weighted by Crippen LogP contribution is -2.57. The number of nitrogens with one attached hydrogen (secondary N) is 1. The van der Waals surface area contributed by atoms with Crippen molar-refractivity contribution in [2.45, 2.75) is 39.0 Å². The maximum absolute atomic E-state index is 11.8. The third kappa shape index (κ3) is 3.97. The molecule has 4 nitrogen and oxygen atoms in total. The summed E-state index contributed by atoms with van der Waals surface area (Å²) in [4.78, 5) is 13.7. The minimum atomic E-state index is -0.326. The lowest BCUT2D eigenvalue weighted by Gasteiger charge is -2.37. The molecule has 15 heavy (non-hydrogen) atoms. The first-order valence-electron chi connectivity index (χ1n) is 5.12. The van der Waals surface area contributed by atoms with Gasteiger partial charge >= 0.3 is 0 Å². The number of piperazine rings is 1. The Morgan fingerprint density at radius 2 is 1.87 bits per heavy atom. The molecular weight excluding hydrogens is 216 g/mol. The molecule has 1 aliphatic heterocycles. The lowest BCUT2D eigenvalue weighted by molar-refractivity contribution is -0.142. The van der Waals surface area contributed by atoms with Gasteiger partial charge in [0.25, 0.3) is 5.91 Å². The molecule has 0 bridgehead atoms. The van der Waals surface area contributed by atoms with Crippen molar-refractivity contribution in [2.75, 3.05) is 20.2 Å². The number of hydrogen-bond donors (Lipinski definition) is 1. The maximum Gasteiger partial charge on any atom is 0.251 e. The first-order chi connectivity index (χ1) is 6.54. The highest BCUT2D eigenvalue weighted by atomic mass is 35.5. The number of nitrogens with zero attached hydrogens (tertiary/aromatic N) is 1. The van der Waals surface area contributed by atoms with Crippen LogP contribution in [0.4, 0.5) is 0 Å². The number of methoxy groups -OCH3 is 1. The van der Waals surface area contributed by atoms with Crippen molar-refractivity contribution >= 4 is 18.3 Å². The number of amides is 1. The molecule has 90 valence electrons. The van der Waals surface area contributed by atoms with Crippen LogP contribution in [0.2, 0.25) is 0 Å². The van der Waals surface area contributed by atoms with E-state index in [1.807, 2.05) is 4.90 Å². The molecular formula is C10H21ClN2O2. The Hall–Kier alpha value is -0.320. The molecule has 0 aromatic heterocycles.